The SMILES string of the molecule is Cc1ccc(C(=O)NCC(C)(O)c2ccc(F)cc2F)cc1F. The van der Waals surface area contributed by atoms with Gasteiger partial charge in [0, 0.05) is 17.2 Å². The maximum atomic E-state index is 13.7. The number of amides is 1. The first kappa shape index (κ1) is 17.0. The van der Waals surface area contributed by atoms with Crippen molar-refractivity contribution in [2.45, 2.75) is 19.4 Å². The van der Waals surface area contributed by atoms with Crippen molar-refractivity contribution >= 4 is 5.91 Å². The summed E-state index contributed by atoms with van der Waals surface area (Å²) in [6.07, 6.45) is 0. The van der Waals surface area contributed by atoms with E-state index in [-0.39, 0.29) is 17.7 Å². The van der Waals surface area contributed by atoms with Gasteiger partial charge in [-0.3, -0.25) is 4.79 Å². The lowest BCUT2D eigenvalue weighted by Gasteiger charge is -2.24. The minimum Gasteiger partial charge on any atom is -0.383 e. The van der Waals surface area contributed by atoms with Crippen LogP contribution >= 0.6 is 0 Å². The molecule has 0 bridgehead atoms. The van der Waals surface area contributed by atoms with Gasteiger partial charge in [-0.1, -0.05) is 12.1 Å². The Morgan fingerprint density at radius 3 is 2.43 bits per heavy atom. The first-order valence-corrected chi connectivity index (χ1v) is 6.93. The number of hydrogen-bond acceptors (Lipinski definition) is 2. The van der Waals surface area contributed by atoms with Crippen LogP contribution in [-0.4, -0.2) is 17.6 Å². The number of hydrogen-bond donors (Lipinski definition) is 2. The summed E-state index contributed by atoms with van der Waals surface area (Å²) in [5.41, 5.74) is -1.39. The highest BCUT2D eigenvalue weighted by Crippen LogP contribution is 2.23. The Morgan fingerprint density at radius 2 is 1.83 bits per heavy atom. The van der Waals surface area contributed by atoms with Crippen molar-refractivity contribution in [2.75, 3.05) is 6.54 Å². The zero-order chi connectivity index (χ0) is 17.2. The van der Waals surface area contributed by atoms with E-state index in [4.69, 9.17) is 0 Å². The molecular formula is C17H16F3NO2. The molecule has 2 aromatic carbocycles. The molecule has 0 aliphatic heterocycles. The molecule has 6 heteroatoms. The van der Waals surface area contributed by atoms with E-state index in [1.165, 1.54) is 19.1 Å². The third-order valence-corrected chi connectivity index (χ3v) is 3.54. The maximum Gasteiger partial charge on any atom is 0.251 e. The second kappa shape index (κ2) is 6.42. The molecule has 23 heavy (non-hydrogen) atoms. The molecule has 1 unspecified atom stereocenters. The van der Waals surface area contributed by atoms with Crippen LogP contribution in [0.4, 0.5) is 13.2 Å². The van der Waals surface area contributed by atoms with Crippen molar-refractivity contribution in [1.29, 1.82) is 0 Å². The number of carbonyl (C=O) groups excluding carboxylic acids is 1. The molecule has 0 saturated heterocycles. The Balaban J connectivity index is 2.11. The molecule has 0 saturated carbocycles. The van der Waals surface area contributed by atoms with Crippen LogP contribution in [0.25, 0.3) is 0 Å². The van der Waals surface area contributed by atoms with Crippen LogP contribution in [-0.2, 0) is 5.60 Å². The Labute approximate surface area is 131 Å². The Hall–Kier alpha value is -2.34. The van der Waals surface area contributed by atoms with Gasteiger partial charge in [-0.25, -0.2) is 13.2 Å². The van der Waals surface area contributed by atoms with Gasteiger partial charge >= 0.3 is 0 Å². The van der Waals surface area contributed by atoms with Gasteiger partial charge in [0.15, 0.2) is 0 Å². The van der Waals surface area contributed by atoms with Crippen LogP contribution in [0.1, 0.15) is 28.4 Å². The van der Waals surface area contributed by atoms with Gasteiger partial charge in [0.25, 0.3) is 5.91 Å². The normalized spacial score (nSPS) is 13.5. The van der Waals surface area contributed by atoms with E-state index >= 15 is 0 Å². The molecule has 2 rings (SSSR count). The Bertz CT molecular complexity index is 745. The predicted molar refractivity (Wildman–Crippen MR) is 79.4 cm³/mol. The van der Waals surface area contributed by atoms with Crippen molar-refractivity contribution in [3.05, 3.63) is 70.5 Å². The number of carbonyl (C=O) groups is 1. The molecule has 0 fully saturated rings. The molecule has 0 spiro atoms. The van der Waals surface area contributed by atoms with Gasteiger partial charge in [0.05, 0.1) is 6.54 Å². The van der Waals surface area contributed by atoms with Crippen molar-refractivity contribution in [3.8, 4) is 0 Å². The lowest BCUT2D eigenvalue weighted by Crippen LogP contribution is -2.39. The lowest BCUT2D eigenvalue weighted by molar-refractivity contribution is 0.0494. The molecule has 0 heterocycles. The zero-order valence-electron chi connectivity index (χ0n) is 12.7. The fourth-order valence-electron chi connectivity index (χ4n) is 2.11. The summed E-state index contributed by atoms with van der Waals surface area (Å²) in [5.74, 6) is -2.80. The lowest BCUT2D eigenvalue weighted by atomic mass is 9.95. The minimum absolute atomic E-state index is 0.0866. The smallest absolute Gasteiger partial charge is 0.251 e. The van der Waals surface area contributed by atoms with Crippen molar-refractivity contribution in [2.24, 2.45) is 0 Å². The predicted octanol–water partition coefficient (Wildman–Crippen LogP) is 3.05. The van der Waals surface area contributed by atoms with Crippen molar-refractivity contribution in [3.63, 3.8) is 0 Å². The molecule has 1 atom stereocenters. The summed E-state index contributed by atoms with van der Waals surface area (Å²) in [4.78, 5) is 12.0. The zero-order valence-corrected chi connectivity index (χ0v) is 12.7. The fraction of sp³-hybridized carbons (Fsp3) is 0.235. The molecule has 0 radical (unpaired) electrons. The molecule has 0 aliphatic rings. The fourth-order valence-corrected chi connectivity index (χ4v) is 2.11. The summed E-state index contributed by atoms with van der Waals surface area (Å²) in [5, 5.41) is 12.7. The van der Waals surface area contributed by atoms with Crippen LogP contribution in [0.3, 0.4) is 0 Å². The molecule has 2 aromatic rings. The number of halogens is 3. The molecule has 0 aliphatic carbocycles. The van der Waals surface area contributed by atoms with Crippen molar-refractivity contribution < 1.29 is 23.1 Å². The van der Waals surface area contributed by atoms with E-state index in [1.54, 1.807) is 6.92 Å². The summed E-state index contributed by atoms with van der Waals surface area (Å²) in [7, 11) is 0. The largest absolute Gasteiger partial charge is 0.383 e. The van der Waals surface area contributed by atoms with Crippen molar-refractivity contribution in [1.82, 2.24) is 5.32 Å². The number of aryl methyl sites for hydroxylation is 1. The third kappa shape index (κ3) is 3.90. The van der Waals surface area contributed by atoms with Crippen LogP contribution in [0.2, 0.25) is 0 Å². The molecule has 1 amide bonds. The van der Waals surface area contributed by atoms with Crippen LogP contribution < -0.4 is 5.32 Å². The van der Waals surface area contributed by atoms with Gasteiger partial charge in [0.2, 0.25) is 0 Å². The first-order chi connectivity index (χ1) is 10.7. The molecule has 0 aromatic heterocycles. The number of benzene rings is 2. The highest BCUT2D eigenvalue weighted by atomic mass is 19.1. The maximum absolute atomic E-state index is 13.7. The quantitative estimate of drug-likeness (QED) is 0.908. The van der Waals surface area contributed by atoms with E-state index in [2.05, 4.69) is 5.32 Å². The number of rotatable bonds is 4. The van der Waals surface area contributed by atoms with Gasteiger partial charge in [-0.15, -0.1) is 0 Å². The van der Waals surface area contributed by atoms with Gasteiger partial charge in [-0.05, 0) is 37.6 Å². The van der Waals surface area contributed by atoms with Crippen LogP contribution in [0.15, 0.2) is 36.4 Å². The molecule has 3 nitrogen and oxygen atoms in total. The molecule has 122 valence electrons. The second-order valence-electron chi connectivity index (χ2n) is 5.54. The Kier molecular flexibility index (Phi) is 4.75. The van der Waals surface area contributed by atoms with E-state index in [0.717, 1.165) is 18.2 Å². The average molecular weight is 323 g/mol. The van der Waals surface area contributed by atoms with Crippen LogP contribution in [0, 0.1) is 24.4 Å². The topological polar surface area (TPSA) is 49.3 Å². The molecule has 2 N–H and O–H groups in total. The summed E-state index contributed by atoms with van der Waals surface area (Å²) in [6.45, 7) is 2.54. The van der Waals surface area contributed by atoms with Gasteiger partial charge < -0.3 is 10.4 Å². The van der Waals surface area contributed by atoms with Gasteiger partial charge in [0.1, 0.15) is 23.1 Å². The van der Waals surface area contributed by atoms with Gasteiger partial charge in [-0.2, -0.15) is 0 Å². The van der Waals surface area contributed by atoms with E-state index in [1.807, 2.05) is 0 Å². The summed E-state index contributed by atoms with van der Waals surface area (Å²) in [6, 6.07) is 6.77. The minimum atomic E-state index is -1.74. The highest BCUT2D eigenvalue weighted by molar-refractivity contribution is 5.94. The monoisotopic (exact) mass is 323 g/mol. The second-order valence-corrected chi connectivity index (χ2v) is 5.54. The van der Waals surface area contributed by atoms with E-state index in [0.29, 0.717) is 11.6 Å². The summed E-state index contributed by atoms with van der Waals surface area (Å²) < 4.78 is 40.1. The number of aliphatic hydroxyl groups is 1. The van der Waals surface area contributed by atoms with E-state index < -0.39 is 29.0 Å². The van der Waals surface area contributed by atoms with E-state index in [9.17, 15) is 23.1 Å². The summed E-state index contributed by atoms with van der Waals surface area (Å²) >= 11 is 0. The van der Waals surface area contributed by atoms with Crippen LogP contribution in [0.5, 0.6) is 0 Å². The standard InChI is InChI=1S/C17H16F3NO2/c1-10-3-4-11(7-14(10)19)16(22)21-9-17(2,23)13-6-5-12(18)8-15(13)20/h3-8,23H,9H2,1-2H3,(H,21,22). The molecular weight excluding hydrogens is 307 g/mol. The number of nitrogens with one attached hydrogen (secondary N) is 1. The third-order valence-electron chi connectivity index (χ3n) is 3.54. The Morgan fingerprint density at radius 1 is 1.13 bits per heavy atom. The highest BCUT2D eigenvalue weighted by Gasteiger charge is 2.27. The first-order valence-electron chi connectivity index (χ1n) is 6.93. The average Bonchev–Trinajstić information content (AvgIpc) is 2.47.